The maximum Gasteiger partial charge on any atom is 0.295 e. The van der Waals surface area contributed by atoms with Crippen LogP contribution in [0.25, 0.3) is 21.2 Å². The van der Waals surface area contributed by atoms with Gasteiger partial charge in [0.2, 0.25) is 0 Å². The number of aryl methyl sites for hydroxylation is 1. The van der Waals surface area contributed by atoms with Crippen molar-refractivity contribution in [3.05, 3.63) is 70.1 Å². The summed E-state index contributed by atoms with van der Waals surface area (Å²) in [5, 5.41) is 1.09. The van der Waals surface area contributed by atoms with Crippen molar-refractivity contribution in [2.24, 2.45) is 0 Å². The lowest BCUT2D eigenvalue weighted by atomic mass is 10.1. The molecule has 8 heteroatoms. The molecule has 0 aliphatic carbocycles. The summed E-state index contributed by atoms with van der Waals surface area (Å²) in [4.78, 5) is 35.2. The first-order valence-electron chi connectivity index (χ1n) is 11.7. The Kier molecular flexibility index (Phi) is 6.71. The number of carbonyl (C=O) groups is 1. The summed E-state index contributed by atoms with van der Waals surface area (Å²) in [7, 11) is 0. The van der Waals surface area contributed by atoms with Crippen LogP contribution in [0.1, 0.15) is 29.5 Å². The number of hydrogen-bond donors (Lipinski definition) is 0. The summed E-state index contributed by atoms with van der Waals surface area (Å²) in [5.74, 6) is -0.313. The van der Waals surface area contributed by atoms with Gasteiger partial charge in [0.05, 0.1) is 28.8 Å². The molecule has 0 atom stereocenters. The summed E-state index contributed by atoms with van der Waals surface area (Å²) in [6, 6.07) is 14.4. The normalized spacial score (nSPS) is 14.6. The topological polar surface area (TPSA) is 75.9 Å². The van der Waals surface area contributed by atoms with Crippen molar-refractivity contribution >= 4 is 43.6 Å². The standard InChI is InChI=1S/C26H27N3O4S/c1-2-18-7-5-10-23-24(18)27-26(34-23)29(12-6-11-28-13-15-32-16-14-28)25(31)22-17-20(30)19-8-3-4-9-21(19)33-22/h3-5,7-10,17H,2,6,11-16H2,1H3. The largest absolute Gasteiger partial charge is 0.451 e. The van der Waals surface area contributed by atoms with Crippen LogP contribution in [0.2, 0.25) is 0 Å². The minimum absolute atomic E-state index is 0.0324. The number of para-hydroxylation sites is 2. The van der Waals surface area contributed by atoms with Crippen molar-refractivity contribution in [3.8, 4) is 0 Å². The van der Waals surface area contributed by atoms with E-state index in [2.05, 4.69) is 17.9 Å². The predicted octanol–water partition coefficient (Wildman–Crippen LogP) is 4.33. The average molecular weight is 478 g/mol. The van der Waals surface area contributed by atoms with Crippen LogP contribution in [-0.2, 0) is 11.2 Å². The molecule has 0 bridgehead atoms. The van der Waals surface area contributed by atoms with E-state index in [4.69, 9.17) is 14.1 Å². The number of anilines is 1. The number of thiazole rings is 1. The number of amides is 1. The molecule has 1 aliphatic heterocycles. The van der Waals surface area contributed by atoms with Crippen LogP contribution in [0.15, 0.2) is 57.7 Å². The minimum Gasteiger partial charge on any atom is -0.451 e. The van der Waals surface area contributed by atoms with Crippen molar-refractivity contribution in [2.45, 2.75) is 19.8 Å². The van der Waals surface area contributed by atoms with Gasteiger partial charge in [-0.25, -0.2) is 4.98 Å². The molecule has 2 aromatic heterocycles. The molecule has 1 amide bonds. The van der Waals surface area contributed by atoms with Crippen LogP contribution in [0.5, 0.6) is 0 Å². The van der Waals surface area contributed by atoms with Crippen LogP contribution in [-0.4, -0.2) is 55.2 Å². The molecule has 0 spiro atoms. The molecular weight excluding hydrogens is 450 g/mol. The number of hydrogen-bond acceptors (Lipinski definition) is 7. The van der Waals surface area contributed by atoms with Crippen molar-refractivity contribution in [2.75, 3.05) is 44.3 Å². The third kappa shape index (κ3) is 4.61. The van der Waals surface area contributed by atoms with Gasteiger partial charge in [-0.3, -0.25) is 19.4 Å². The van der Waals surface area contributed by atoms with Gasteiger partial charge in [0.1, 0.15) is 5.58 Å². The molecule has 2 aromatic carbocycles. The highest BCUT2D eigenvalue weighted by Crippen LogP contribution is 2.32. The quantitative estimate of drug-likeness (QED) is 0.394. The molecule has 1 fully saturated rings. The number of carbonyl (C=O) groups excluding carboxylic acids is 1. The highest BCUT2D eigenvalue weighted by atomic mass is 32.1. The summed E-state index contributed by atoms with van der Waals surface area (Å²) < 4.78 is 12.4. The van der Waals surface area contributed by atoms with E-state index >= 15 is 0 Å². The number of aromatic nitrogens is 1. The van der Waals surface area contributed by atoms with Crippen LogP contribution in [0.4, 0.5) is 5.13 Å². The van der Waals surface area contributed by atoms with E-state index in [0.29, 0.717) is 22.6 Å². The third-order valence-corrected chi connectivity index (χ3v) is 7.20. The van der Waals surface area contributed by atoms with Crippen molar-refractivity contribution < 1.29 is 13.9 Å². The molecule has 3 heterocycles. The number of rotatable bonds is 7. The van der Waals surface area contributed by atoms with Crippen molar-refractivity contribution in [1.29, 1.82) is 0 Å². The van der Waals surface area contributed by atoms with Crippen LogP contribution in [0.3, 0.4) is 0 Å². The Labute approximate surface area is 201 Å². The van der Waals surface area contributed by atoms with Gasteiger partial charge < -0.3 is 9.15 Å². The second-order valence-electron chi connectivity index (χ2n) is 8.35. The minimum atomic E-state index is -0.345. The molecule has 1 saturated heterocycles. The second kappa shape index (κ2) is 10.0. The summed E-state index contributed by atoms with van der Waals surface area (Å²) in [5.41, 5.74) is 2.26. The van der Waals surface area contributed by atoms with Gasteiger partial charge in [-0.2, -0.15) is 0 Å². The van der Waals surface area contributed by atoms with E-state index in [-0.39, 0.29) is 17.1 Å². The molecular formula is C26H27N3O4S. The highest BCUT2D eigenvalue weighted by Gasteiger charge is 2.25. The van der Waals surface area contributed by atoms with E-state index in [1.807, 2.05) is 12.1 Å². The van der Waals surface area contributed by atoms with Crippen molar-refractivity contribution in [1.82, 2.24) is 9.88 Å². The van der Waals surface area contributed by atoms with Crippen LogP contribution < -0.4 is 10.3 Å². The summed E-state index contributed by atoms with van der Waals surface area (Å²) in [6.45, 7) is 6.71. The molecule has 176 valence electrons. The fourth-order valence-electron chi connectivity index (χ4n) is 4.30. The molecule has 0 unspecified atom stereocenters. The maximum absolute atomic E-state index is 13.7. The van der Waals surface area contributed by atoms with E-state index in [1.165, 1.54) is 17.4 Å². The van der Waals surface area contributed by atoms with Gasteiger partial charge in [0, 0.05) is 32.2 Å². The fraction of sp³-hybridized carbons (Fsp3) is 0.346. The number of nitrogens with zero attached hydrogens (tertiary/aromatic N) is 3. The Morgan fingerprint density at radius 2 is 1.97 bits per heavy atom. The van der Waals surface area contributed by atoms with Gasteiger partial charge >= 0.3 is 0 Å². The molecule has 5 rings (SSSR count). The number of morpholine rings is 1. The lowest BCUT2D eigenvalue weighted by Crippen LogP contribution is -2.39. The van der Waals surface area contributed by atoms with Gasteiger partial charge in [-0.15, -0.1) is 0 Å². The molecule has 7 nitrogen and oxygen atoms in total. The zero-order chi connectivity index (χ0) is 23.5. The highest BCUT2D eigenvalue weighted by molar-refractivity contribution is 7.22. The third-order valence-electron chi connectivity index (χ3n) is 6.15. The Morgan fingerprint density at radius 3 is 2.79 bits per heavy atom. The Bertz CT molecular complexity index is 1370. The lowest BCUT2D eigenvalue weighted by molar-refractivity contribution is 0.0376. The van der Waals surface area contributed by atoms with E-state index < -0.39 is 0 Å². The van der Waals surface area contributed by atoms with E-state index in [1.54, 1.807) is 29.2 Å². The van der Waals surface area contributed by atoms with Gasteiger partial charge in [0.25, 0.3) is 5.91 Å². The smallest absolute Gasteiger partial charge is 0.295 e. The van der Waals surface area contributed by atoms with Crippen molar-refractivity contribution in [3.63, 3.8) is 0 Å². The first-order chi connectivity index (χ1) is 16.6. The van der Waals surface area contributed by atoms with E-state index in [9.17, 15) is 9.59 Å². The second-order valence-corrected chi connectivity index (χ2v) is 9.36. The Hall–Kier alpha value is -3.07. The molecule has 0 N–H and O–H groups in total. The molecule has 0 radical (unpaired) electrons. The van der Waals surface area contributed by atoms with Gasteiger partial charge in [0.15, 0.2) is 16.3 Å². The fourth-order valence-corrected chi connectivity index (χ4v) is 5.34. The zero-order valence-electron chi connectivity index (χ0n) is 19.2. The molecule has 4 aromatic rings. The lowest BCUT2D eigenvalue weighted by Gasteiger charge is -2.27. The first-order valence-corrected chi connectivity index (χ1v) is 12.5. The average Bonchev–Trinajstić information content (AvgIpc) is 3.31. The number of fused-ring (bicyclic) bond motifs is 2. The van der Waals surface area contributed by atoms with Crippen LogP contribution >= 0.6 is 11.3 Å². The first kappa shape index (κ1) is 22.7. The molecule has 0 saturated carbocycles. The number of ether oxygens (including phenoxy) is 1. The summed E-state index contributed by atoms with van der Waals surface area (Å²) >= 11 is 1.49. The predicted molar refractivity (Wildman–Crippen MR) is 135 cm³/mol. The van der Waals surface area contributed by atoms with Gasteiger partial charge in [-0.1, -0.05) is 42.5 Å². The number of benzene rings is 2. The Morgan fingerprint density at radius 1 is 1.15 bits per heavy atom. The Balaban J connectivity index is 1.48. The van der Waals surface area contributed by atoms with Crippen LogP contribution in [0, 0.1) is 0 Å². The monoisotopic (exact) mass is 477 g/mol. The molecule has 34 heavy (non-hydrogen) atoms. The SMILES string of the molecule is CCc1cccc2sc(N(CCCN3CCOCC3)C(=O)c3cc(=O)c4ccccc4o3)nc12. The van der Waals surface area contributed by atoms with E-state index in [0.717, 1.165) is 61.5 Å². The molecule has 1 aliphatic rings. The van der Waals surface area contributed by atoms with Gasteiger partial charge in [-0.05, 0) is 36.6 Å². The maximum atomic E-state index is 13.7. The zero-order valence-corrected chi connectivity index (χ0v) is 20.0. The summed E-state index contributed by atoms with van der Waals surface area (Å²) in [6.07, 6.45) is 1.64.